The molecular formula is C8H11BN2. The van der Waals surface area contributed by atoms with E-state index in [4.69, 9.17) is 7.85 Å². The zero-order chi connectivity index (χ0) is 8.43. The van der Waals surface area contributed by atoms with Crippen molar-refractivity contribution in [2.24, 2.45) is 0 Å². The van der Waals surface area contributed by atoms with Gasteiger partial charge in [-0.1, -0.05) is 6.08 Å². The van der Waals surface area contributed by atoms with Gasteiger partial charge in [0.25, 0.3) is 0 Å². The SMILES string of the molecule is [B]c1nc(C)n(CC=C)c1C. The molecule has 0 aromatic carbocycles. The first-order valence-corrected chi connectivity index (χ1v) is 3.57. The second-order valence-electron chi connectivity index (χ2n) is 2.53. The predicted octanol–water partition coefficient (Wildman–Crippen LogP) is 0.480. The van der Waals surface area contributed by atoms with E-state index in [0.29, 0.717) is 5.59 Å². The highest BCUT2D eigenvalue weighted by molar-refractivity contribution is 6.31. The molecule has 1 aromatic heterocycles. The summed E-state index contributed by atoms with van der Waals surface area (Å²) in [5.41, 5.74) is 1.63. The van der Waals surface area contributed by atoms with Gasteiger partial charge in [-0.25, -0.2) is 4.98 Å². The van der Waals surface area contributed by atoms with Crippen LogP contribution in [0, 0.1) is 13.8 Å². The number of allylic oxidation sites excluding steroid dienone is 1. The lowest BCUT2D eigenvalue weighted by Gasteiger charge is -2.02. The fourth-order valence-corrected chi connectivity index (χ4v) is 1.09. The third-order valence-electron chi connectivity index (χ3n) is 1.76. The number of hydrogen-bond acceptors (Lipinski definition) is 1. The molecule has 0 saturated carbocycles. The highest BCUT2D eigenvalue weighted by atomic mass is 15.1. The third kappa shape index (κ3) is 1.37. The van der Waals surface area contributed by atoms with E-state index >= 15 is 0 Å². The van der Waals surface area contributed by atoms with Crippen molar-refractivity contribution >= 4 is 13.4 Å². The van der Waals surface area contributed by atoms with Crippen LogP contribution in [0.5, 0.6) is 0 Å². The van der Waals surface area contributed by atoms with E-state index in [-0.39, 0.29) is 0 Å². The topological polar surface area (TPSA) is 17.8 Å². The van der Waals surface area contributed by atoms with Crippen LogP contribution < -0.4 is 5.59 Å². The molecule has 1 rings (SSSR count). The number of nitrogens with zero attached hydrogens (tertiary/aromatic N) is 2. The fraction of sp³-hybridized carbons (Fsp3) is 0.375. The summed E-state index contributed by atoms with van der Waals surface area (Å²) in [5, 5.41) is 0. The number of aromatic nitrogens is 2. The molecule has 0 saturated heterocycles. The summed E-state index contributed by atoms with van der Waals surface area (Å²) in [6.45, 7) is 8.33. The summed E-state index contributed by atoms with van der Waals surface area (Å²) in [6.07, 6.45) is 1.83. The van der Waals surface area contributed by atoms with Gasteiger partial charge in [-0.3, -0.25) is 0 Å². The monoisotopic (exact) mass is 146 g/mol. The Morgan fingerprint density at radius 1 is 1.64 bits per heavy atom. The van der Waals surface area contributed by atoms with E-state index in [1.54, 1.807) is 0 Å². The van der Waals surface area contributed by atoms with Gasteiger partial charge in [0.2, 0.25) is 0 Å². The van der Waals surface area contributed by atoms with Gasteiger partial charge in [0, 0.05) is 17.8 Å². The lowest BCUT2D eigenvalue weighted by molar-refractivity contribution is 0.757. The maximum Gasteiger partial charge on any atom is 0.144 e. The van der Waals surface area contributed by atoms with Gasteiger partial charge < -0.3 is 4.57 Å². The lowest BCUT2D eigenvalue weighted by Crippen LogP contribution is -2.09. The third-order valence-corrected chi connectivity index (χ3v) is 1.76. The Morgan fingerprint density at radius 3 is 2.64 bits per heavy atom. The maximum atomic E-state index is 5.61. The van der Waals surface area contributed by atoms with Gasteiger partial charge in [0.15, 0.2) is 0 Å². The molecule has 0 atom stereocenters. The first-order chi connectivity index (χ1) is 5.16. The summed E-state index contributed by atoms with van der Waals surface area (Å²) < 4.78 is 2.03. The van der Waals surface area contributed by atoms with Crippen LogP contribution in [0.25, 0.3) is 0 Å². The Hall–Kier alpha value is -0.985. The predicted molar refractivity (Wildman–Crippen MR) is 47.3 cm³/mol. The smallest absolute Gasteiger partial charge is 0.144 e. The van der Waals surface area contributed by atoms with E-state index in [2.05, 4.69) is 11.6 Å². The number of rotatable bonds is 2. The normalized spacial score (nSPS) is 10.0. The average molecular weight is 146 g/mol. The van der Waals surface area contributed by atoms with E-state index < -0.39 is 0 Å². The Bertz CT molecular complexity index is 276. The molecule has 56 valence electrons. The van der Waals surface area contributed by atoms with Crippen molar-refractivity contribution in [3.8, 4) is 0 Å². The highest BCUT2D eigenvalue weighted by Crippen LogP contribution is 1.99. The molecule has 0 aliphatic heterocycles. The molecule has 0 amide bonds. The van der Waals surface area contributed by atoms with Crippen LogP contribution in [0.4, 0.5) is 0 Å². The van der Waals surface area contributed by atoms with Crippen LogP contribution in [-0.2, 0) is 6.54 Å². The Morgan fingerprint density at radius 2 is 2.27 bits per heavy atom. The van der Waals surface area contributed by atoms with Gasteiger partial charge in [0.05, 0.1) is 0 Å². The van der Waals surface area contributed by atoms with Gasteiger partial charge in [-0.15, -0.1) is 6.58 Å². The molecule has 0 spiro atoms. The van der Waals surface area contributed by atoms with Crippen LogP contribution in [0.1, 0.15) is 11.5 Å². The second-order valence-corrected chi connectivity index (χ2v) is 2.53. The number of aryl methyl sites for hydroxylation is 1. The van der Waals surface area contributed by atoms with Crippen molar-refractivity contribution in [3.05, 3.63) is 24.2 Å². The Kier molecular flexibility index (Phi) is 2.18. The summed E-state index contributed by atoms with van der Waals surface area (Å²) >= 11 is 0. The molecule has 1 aromatic rings. The van der Waals surface area contributed by atoms with Gasteiger partial charge in [0.1, 0.15) is 13.7 Å². The van der Waals surface area contributed by atoms with Crippen molar-refractivity contribution in [3.63, 3.8) is 0 Å². The summed E-state index contributed by atoms with van der Waals surface area (Å²) in [7, 11) is 5.61. The molecule has 0 N–H and O–H groups in total. The maximum absolute atomic E-state index is 5.61. The molecular weight excluding hydrogens is 135 g/mol. The molecule has 0 fully saturated rings. The molecule has 0 unspecified atom stereocenters. The van der Waals surface area contributed by atoms with Crippen molar-refractivity contribution < 1.29 is 0 Å². The molecule has 1 heterocycles. The van der Waals surface area contributed by atoms with Crippen molar-refractivity contribution in [1.29, 1.82) is 0 Å². The number of imidazole rings is 1. The zero-order valence-electron chi connectivity index (χ0n) is 6.96. The van der Waals surface area contributed by atoms with E-state index in [9.17, 15) is 0 Å². The number of hydrogen-bond donors (Lipinski definition) is 0. The molecule has 0 bridgehead atoms. The van der Waals surface area contributed by atoms with E-state index in [0.717, 1.165) is 18.1 Å². The van der Waals surface area contributed by atoms with Crippen LogP contribution in [0.3, 0.4) is 0 Å². The molecule has 2 nitrogen and oxygen atoms in total. The highest BCUT2D eigenvalue weighted by Gasteiger charge is 2.03. The van der Waals surface area contributed by atoms with Crippen molar-refractivity contribution in [1.82, 2.24) is 9.55 Å². The minimum absolute atomic E-state index is 0.615. The van der Waals surface area contributed by atoms with Crippen LogP contribution in [-0.4, -0.2) is 17.4 Å². The molecule has 11 heavy (non-hydrogen) atoms. The molecule has 3 heteroatoms. The largest absolute Gasteiger partial charge is 0.329 e. The second kappa shape index (κ2) is 2.95. The summed E-state index contributed by atoms with van der Waals surface area (Å²) in [5.74, 6) is 0.944. The molecule has 2 radical (unpaired) electrons. The zero-order valence-corrected chi connectivity index (χ0v) is 6.96. The van der Waals surface area contributed by atoms with Crippen LogP contribution in [0.15, 0.2) is 12.7 Å². The van der Waals surface area contributed by atoms with Gasteiger partial charge in [-0.2, -0.15) is 0 Å². The van der Waals surface area contributed by atoms with E-state index in [1.165, 1.54) is 0 Å². The molecule has 0 aliphatic rings. The lowest BCUT2D eigenvalue weighted by atomic mass is 10.0. The Balaban J connectivity index is 3.11. The first kappa shape index (κ1) is 8.11. The van der Waals surface area contributed by atoms with Gasteiger partial charge in [-0.05, 0) is 13.8 Å². The van der Waals surface area contributed by atoms with Crippen LogP contribution >= 0.6 is 0 Å². The molecule has 0 aliphatic carbocycles. The summed E-state index contributed by atoms with van der Waals surface area (Å²) in [4.78, 5) is 4.12. The minimum atomic E-state index is 0.615. The summed E-state index contributed by atoms with van der Waals surface area (Å²) in [6, 6.07) is 0. The van der Waals surface area contributed by atoms with Crippen LogP contribution in [0.2, 0.25) is 0 Å². The first-order valence-electron chi connectivity index (χ1n) is 3.57. The quantitative estimate of drug-likeness (QED) is 0.438. The van der Waals surface area contributed by atoms with Crippen molar-refractivity contribution in [2.45, 2.75) is 20.4 Å². The fourth-order valence-electron chi connectivity index (χ4n) is 1.09. The van der Waals surface area contributed by atoms with Crippen molar-refractivity contribution in [2.75, 3.05) is 0 Å². The Labute approximate surface area is 68.4 Å². The van der Waals surface area contributed by atoms with Gasteiger partial charge >= 0.3 is 0 Å². The standard InChI is InChI=1S/C8H11BN2/c1-4-5-11-6(2)8(9)10-7(11)3/h4H,1,5H2,2-3H3. The van der Waals surface area contributed by atoms with E-state index in [1.807, 2.05) is 24.5 Å². The minimum Gasteiger partial charge on any atom is -0.329 e. The average Bonchev–Trinajstić information content (AvgIpc) is 2.17.